The molecule has 0 aliphatic carbocycles. The van der Waals surface area contributed by atoms with E-state index in [0.29, 0.717) is 23.8 Å². The molecule has 1 aliphatic rings. The van der Waals surface area contributed by atoms with Crippen molar-refractivity contribution < 1.29 is 9.53 Å². The lowest BCUT2D eigenvalue weighted by Gasteiger charge is -2.26. The number of aromatic amines is 1. The second-order valence-electron chi connectivity index (χ2n) is 6.66. The molecule has 0 saturated heterocycles. The van der Waals surface area contributed by atoms with Crippen molar-refractivity contribution in [1.82, 2.24) is 20.5 Å². The standard InChI is InChI=1S/C21H21N5O2S/c1-2-26-16-10-6-7-11-17(16)28-13-15(21(26)29)22-20(27)19-23-18(24-25-19)12-14-8-4-3-5-9-14/h3-11,15H,2,12-13H2,1H3,(H,22,27)(H,23,24,25)/t15-/m1/s1. The number of rotatable bonds is 5. The van der Waals surface area contributed by atoms with Crippen LogP contribution in [0.2, 0.25) is 0 Å². The van der Waals surface area contributed by atoms with E-state index >= 15 is 0 Å². The Morgan fingerprint density at radius 3 is 2.79 bits per heavy atom. The predicted molar refractivity (Wildman–Crippen MR) is 114 cm³/mol. The molecule has 148 valence electrons. The van der Waals surface area contributed by atoms with Crippen LogP contribution in [0.5, 0.6) is 5.75 Å². The zero-order chi connectivity index (χ0) is 20.2. The first kappa shape index (κ1) is 19.1. The van der Waals surface area contributed by atoms with E-state index in [4.69, 9.17) is 17.0 Å². The average Bonchev–Trinajstić information content (AvgIpc) is 3.16. The van der Waals surface area contributed by atoms with Gasteiger partial charge in [-0.1, -0.05) is 54.7 Å². The first-order valence-corrected chi connectivity index (χ1v) is 9.86. The van der Waals surface area contributed by atoms with E-state index in [1.807, 2.05) is 66.4 Å². The number of carbonyl (C=O) groups excluding carboxylic acids is 1. The Morgan fingerprint density at radius 1 is 1.24 bits per heavy atom. The van der Waals surface area contributed by atoms with E-state index in [1.165, 1.54) is 0 Å². The molecule has 7 nitrogen and oxygen atoms in total. The van der Waals surface area contributed by atoms with Crippen molar-refractivity contribution in [2.24, 2.45) is 0 Å². The number of nitrogens with one attached hydrogen (secondary N) is 2. The number of anilines is 1. The minimum Gasteiger partial charge on any atom is -0.489 e. The van der Waals surface area contributed by atoms with Crippen molar-refractivity contribution in [2.75, 3.05) is 18.1 Å². The Bertz CT molecular complexity index is 1020. The fourth-order valence-electron chi connectivity index (χ4n) is 3.27. The maximum Gasteiger partial charge on any atom is 0.291 e. The van der Waals surface area contributed by atoms with Crippen LogP contribution in [0.3, 0.4) is 0 Å². The highest BCUT2D eigenvalue weighted by molar-refractivity contribution is 7.80. The third kappa shape index (κ3) is 4.12. The molecule has 29 heavy (non-hydrogen) atoms. The van der Waals surface area contributed by atoms with Crippen LogP contribution in [0, 0.1) is 0 Å². The molecular weight excluding hydrogens is 386 g/mol. The van der Waals surface area contributed by atoms with E-state index < -0.39 is 11.9 Å². The summed E-state index contributed by atoms with van der Waals surface area (Å²) in [6.45, 7) is 2.94. The summed E-state index contributed by atoms with van der Waals surface area (Å²) in [5.41, 5.74) is 1.99. The van der Waals surface area contributed by atoms with E-state index in [-0.39, 0.29) is 12.4 Å². The second kappa shape index (κ2) is 8.40. The summed E-state index contributed by atoms with van der Waals surface area (Å²) < 4.78 is 5.89. The SMILES string of the molecule is CCN1C(=S)[C@H](NC(=O)c2n[nH]c(Cc3ccccc3)n2)COc2ccccc21. The van der Waals surface area contributed by atoms with Gasteiger partial charge in [-0.3, -0.25) is 9.89 Å². The summed E-state index contributed by atoms with van der Waals surface area (Å²) in [6, 6.07) is 17.1. The van der Waals surface area contributed by atoms with Crippen molar-refractivity contribution in [3.8, 4) is 5.75 Å². The molecule has 1 atom stereocenters. The van der Waals surface area contributed by atoms with Crippen LogP contribution in [0.15, 0.2) is 54.6 Å². The smallest absolute Gasteiger partial charge is 0.291 e. The summed E-state index contributed by atoms with van der Waals surface area (Å²) in [5.74, 6) is 1.07. The van der Waals surface area contributed by atoms with Crippen LogP contribution in [-0.2, 0) is 6.42 Å². The van der Waals surface area contributed by atoms with Crippen LogP contribution in [0.25, 0.3) is 0 Å². The lowest BCUT2D eigenvalue weighted by Crippen LogP contribution is -2.49. The molecule has 0 spiro atoms. The quantitative estimate of drug-likeness (QED) is 0.633. The normalized spacial score (nSPS) is 16.0. The van der Waals surface area contributed by atoms with Gasteiger partial charge in [0.15, 0.2) is 0 Å². The van der Waals surface area contributed by atoms with Crippen molar-refractivity contribution in [1.29, 1.82) is 0 Å². The highest BCUT2D eigenvalue weighted by Gasteiger charge is 2.29. The fraction of sp³-hybridized carbons (Fsp3) is 0.238. The molecule has 2 aromatic carbocycles. The van der Waals surface area contributed by atoms with Crippen LogP contribution < -0.4 is 15.0 Å². The predicted octanol–water partition coefficient (Wildman–Crippen LogP) is 2.74. The van der Waals surface area contributed by atoms with E-state index in [1.54, 1.807) is 0 Å². The summed E-state index contributed by atoms with van der Waals surface area (Å²) in [6.07, 6.45) is 0.574. The van der Waals surface area contributed by atoms with Gasteiger partial charge in [0.1, 0.15) is 29.2 Å². The molecule has 0 fully saturated rings. The monoisotopic (exact) mass is 407 g/mol. The number of thiocarbonyl (C=S) groups is 1. The molecule has 0 radical (unpaired) electrons. The topological polar surface area (TPSA) is 83.1 Å². The number of likely N-dealkylation sites (N-methyl/N-ethyl adjacent to an activating group) is 1. The minimum atomic E-state index is -0.457. The molecule has 2 heterocycles. The Balaban J connectivity index is 1.46. The van der Waals surface area contributed by atoms with Gasteiger partial charge in [-0.25, -0.2) is 4.98 Å². The molecule has 1 aromatic heterocycles. The minimum absolute atomic E-state index is 0.0866. The number of carbonyl (C=O) groups is 1. The van der Waals surface area contributed by atoms with Gasteiger partial charge in [-0.15, -0.1) is 5.10 Å². The van der Waals surface area contributed by atoms with E-state index in [0.717, 1.165) is 17.0 Å². The molecular formula is C21H21N5O2S. The van der Waals surface area contributed by atoms with Crippen LogP contribution in [-0.4, -0.2) is 45.3 Å². The summed E-state index contributed by atoms with van der Waals surface area (Å²) in [5, 5.41) is 9.80. The number of nitrogens with zero attached hydrogens (tertiary/aromatic N) is 3. The van der Waals surface area contributed by atoms with Gasteiger partial charge in [0.2, 0.25) is 5.82 Å². The summed E-state index contributed by atoms with van der Waals surface area (Å²) >= 11 is 5.65. The highest BCUT2D eigenvalue weighted by atomic mass is 32.1. The molecule has 3 aromatic rings. The molecule has 0 saturated carbocycles. The maximum absolute atomic E-state index is 12.7. The lowest BCUT2D eigenvalue weighted by molar-refractivity contribution is 0.0927. The third-order valence-electron chi connectivity index (χ3n) is 4.70. The van der Waals surface area contributed by atoms with Crippen LogP contribution in [0.4, 0.5) is 5.69 Å². The van der Waals surface area contributed by atoms with Gasteiger partial charge < -0.3 is 15.0 Å². The average molecular weight is 407 g/mol. The molecule has 4 rings (SSSR count). The van der Waals surface area contributed by atoms with Crippen LogP contribution >= 0.6 is 12.2 Å². The van der Waals surface area contributed by atoms with Gasteiger partial charge in [0, 0.05) is 13.0 Å². The number of ether oxygens (including phenoxy) is 1. The Hall–Kier alpha value is -3.26. The number of hydrogen-bond acceptors (Lipinski definition) is 5. The van der Waals surface area contributed by atoms with Gasteiger partial charge in [0.05, 0.1) is 5.69 Å². The zero-order valence-electron chi connectivity index (χ0n) is 16.0. The van der Waals surface area contributed by atoms with E-state index in [2.05, 4.69) is 20.5 Å². The molecule has 8 heteroatoms. The van der Waals surface area contributed by atoms with Crippen molar-refractivity contribution in [2.45, 2.75) is 19.4 Å². The Labute approximate surface area is 174 Å². The maximum atomic E-state index is 12.7. The largest absolute Gasteiger partial charge is 0.489 e. The molecule has 0 bridgehead atoms. The highest BCUT2D eigenvalue weighted by Crippen LogP contribution is 2.31. The molecule has 2 N–H and O–H groups in total. The van der Waals surface area contributed by atoms with Crippen molar-refractivity contribution >= 4 is 28.8 Å². The Morgan fingerprint density at radius 2 is 2.00 bits per heavy atom. The molecule has 1 amide bonds. The van der Waals surface area contributed by atoms with Crippen molar-refractivity contribution in [3.05, 3.63) is 71.8 Å². The van der Waals surface area contributed by atoms with Gasteiger partial charge in [0.25, 0.3) is 5.91 Å². The second-order valence-corrected chi connectivity index (χ2v) is 7.07. The number of amides is 1. The lowest BCUT2D eigenvalue weighted by atomic mass is 10.1. The van der Waals surface area contributed by atoms with Gasteiger partial charge in [-0.05, 0) is 24.6 Å². The van der Waals surface area contributed by atoms with Crippen molar-refractivity contribution in [3.63, 3.8) is 0 Å². The first-order valence-electron chi connectivity index (χ1n) is 9.45. The van der Waals surface area contributed by atoms with Crippen LogP contribution in [0.1, 0.15) is 28.9 Å². The summed E-state index contributed by atoms with van der Waals surface area (Å²) in [4.78, 5) is 19.6. The van der Waals surface area contributed by atoms with Gasteiger partial charge in [-0.2, -0.15) is 0 Å². The summed E-state index contributed by atoms with van der Waals surface area (Å²) in [7, 11) is 0. The number of H-pyrrole nitrogens is 1. The number of para-hydroxylation sites is 2. The van der Waals surface area contributed by atoms with E-state index in [9.17, 15) is 4.79 Å². The fourth-order valence-corrected chi connectivity index (χ4v) is 3.63. The Kier molecular flexibility index (Phi) is 5.53. The third-order valence-corrected chi connectivity index (χ3v) is 5.20. The number of benzene rings is 2. The van der Waals surface area contributed by atoms with Gasteiger partial charge >= 0.3 is 0 Å². The first-order chi connectivity index (χ1) is 14.2. The molecule has 1 aliphatic heterocycles. The zero-order valence-corrected chi connectivity index (χ0v) is 16.8. The molecule has 0 unspecified atom stereocenters. The number of fused-ring (bicyclic) bond motifs is 1. The number of hydrogen-bond donors (Lipinski definition) is 2. The number of aromatic nitrogens is 3.